The minimum absolute atomic E-state index is 0.552. The molecule has 14 heavy (non-hydrogen) atoms. The van der Waals surface area contributed by atoms with Gasteiger partial charge in [0.2, 0.25) is 0 Å². The van der Waals surface area contributed by atoms with Crippen molar-refractivity contribution in [1.82, 2.24) is 4.98 Å². The van der Waals surface area contributed by atoms with Crippen LogP contribution in [-0.4, -0.2) is 11.0 Å². The lowest BCUT2D eigenvalue weighted by molar-refractivity contribution is 0.693. The fraction of sp³-hybridized carbons (Fsp3) is 0.545. The Morgan fingerprint density at radius 1 is 1.57 bits per heavy atom. The third-order valence-corrected chi connectivity index (χ3v) is 3.00. The third-order valence-electron chi connectivity index (χ3n) is 2.79. The van der Waals surface area contributed by atoms with Crippen LogP contribution in [0.1, 0.15) is 25.3 Å². The lowest BCUT2D eigenvalue weighted by Crippen LogP contribution is -2.17. The van der Waals surface area contributed by atoms with Gasteiger partial charge in [0.15, 0.2) is 0 Å². The van der Waals surface area contributed by atoms with Crippen LogP contribution in [0.15, 0.2) is 12.3 Å². The van der Waals surface area contributed by atoms with Crippen LogP contribution >= 0.6 is 11.6 Å². The first-order valence-electron chi connectivity index (χ1n) is 5.05. The maximum atomic E-state index is 5.79. The number of rotatable bonds is 3. The van der Waals surface area contributed by atoms with Crippen molar-refractivity contribution >= 4 is 17.3 Å². The molecule has 1 aliphatic carbocycles. The highest BCUT2D eigenvalue weighted by atomic mass is 35.5. The third kappa shape index (κ3) is 2.18. The molecule has 0 spiro atoms. The molecule has 2 rings (SSSR count). The van der Waals surface area contributed by atoms with Crippen molar-refractivity contribution in [3.63, 3.8) is 0 Å². The lowest BCUT2D eigenvalue weighted by Gasteiger charge is -2.15. The van der Waals surface area contributed by atoms with E-state index in [4.69, 9.17) is 11.6 Å². The molecule has 76 valence electrons. The van der Waals surface area contributed by atoms with Crippen LogP contribution in [0.5, 0.6) is 0 Å². The number of anilines is 1. The van der Waals surface area contributed by atoms with Crippen molar-refractivity contribution < 1.29 is 0 Å². The predicted molar refractivity (Wildman–Crippen MR) is 59.8 cm³/mol. The van der Waals surface area contributed by atoms with E-state index < -0.39 is 0 Å². The lowest BCUT2D eigenvalue weighted by atomic mass is 10.2. The molecule has 1 atom stereocenters. The summed E-state index contributed by atoms with van der Waals surface area (Å²) in [7, 11) is 0. The fourth-order valence-electron chi connectivity index (χ4n) is 1.63. The molecule has 1 unspecified atom stereocenters. The number of nitrogens with zero attached hydrogens (tertiary/aromatic N) is 1. The maximum absolute atomic E-state index is 5.79. The molecule has 0 aromatic carbocycles. The van der Waals surface area contributed by atoms with Crippen LogP contribution in [-0.2, 0) is 0 Å². The predicted octanol–water partition coefficient (Wildman–Crippen LogP) is 3.25. The number of nitrogens with one attached hydrogen (secondary N) is 1. The van der Waals surface area contributed by atoms with E-state index in [1.54, 1.807) is 0 Å². The highest BCUT2D eigenvalue weighted by Gasteiger charge is 2.27. The Kier molecular flexibility index (Phi) is 2.64. The molecule has 0 bridgehead atoms. The van der Waals surface area contributed by atoms with Gasteiger partial charge in [-0.15, -0.1) is 0 Å². The van der Waals surface area contributed by atoms with Crippen molar-refractivity contribution in [2.75, 3.05) is 5.32 Å². The molecular formula is C11H15ClN2. The second kappa shape index (κ2) is 3.77. The highest BCUT2D eigenvalue weighted by Crippen LogP contribution is 2.34. The summed E-state index contributed by atoms with van der Waals surface area (Å²) in [5.41, 5.74) is 2.27. The number of hydrogen-bond acceptors (Lipinski definition) is 2. The first-order chi connectivity index (χ1) is 6.66. The minimum Gasteiger partial charge on any atom is -0.381 e. The van der Waals surface area contributed by atoms with Gasteiger partial charge in [0, 0.05) is 6.04 Å². The number of pyridine rings is 1. The summed E-state index contributed by atoms with van der Waals surface area (Å²) in [5, 5.41) is 4.04. The first-order valence-corrected chi connectivity index (χ1v) is 5.43. The van der Waals surface area contributed by atoms with Gasteiger partial charge in [-0.3, -0.25) is 0 Å². The summed E-state index contributed by atoms with van der Waals surface area (Å²) >= 11 is 5.79. The normalized spacial score (nSPS) is 17.9. The quantitative estimate of drug-likeness (QED) is 0.775. The van der Waals surface area contributed by atoms with Gasteiger partial charge in [0.05, 0.1) is 11.9 Å². The van der Waals surface area contributed by atoms with Gasteiger partial charge in [0.1, 0.15) is 5.15 Å². The molecule has 1 saturated carbocycles. The zero-order chi connectivity index (χ0) is 10.1. The Balaban J connectivity index is 2.07. The van der Waals surface area contributed by atoms with Crippen molar-refractivity contribution in [1.29, 1.82) is 0 Å². The molecule has 0 amide bonds. The van der Waals surface area contributed by atoms with Gasteiger partial charge in [-0.2, -0.15) is 0 Å². The van der Waals surface area contributed by atoms with Crippen molar-refractivity contribution in [2.45, 2.75) is 32.7 Å². The van der Waals surface area contributed by atoms with Gasteiger partial charge < -0.3 is 5.32 Å². The van der Waals surface area contributed by atoms with Gasteiger partial charge in [-0.1, -0.05) is 11.6 Å². The average Bonchev–Trinajstić information content (AvgIpc) is 2.92. The topological polar surface area (TPSA) is 24.9 Å². The van der Waals surface area contributed by atoms with Gasteiger partial charge in [-0.05, 0) is 44.2 Å². The summed E-state index contributed by atoms with van der Waals surface area (Å²) in [6.07, 6.45) is 4.53. The van der Waals surface area contributed by atoms with Gasteiger partial charge >= 0.3 is 0 Å². The number of hydrogen-bond donors (Lipinski definition) is 1. The maximum Gasteiger partial charge on any atom is 0.129 e. The fourth-order valence-corrected chi connectivity index (χ4v) is 1.84. The van der Waals surface area contributed by atoms with Crippen LogP contribution in [0, 0.1) is 12.8 Å². The molecule has 2 nitrogen and oxygen atoms in total. The van der Waals surface area contributed by atoms with Crippen LogP contribution in [0.3, 0.4) is 0 Å². The van der Waals surface area contributed by atoms with Crippen LogP contribution in [0.4, 0.5) is 5.69 Å². The van der Waals surface area contributed by atoms with Gasteiger partial charge in [0.25, 0.3) is 0 Å². The second-order valence-electron chi connectivity index (χ2n) is 4.09. The Labute approximate surface area is 89.7 Å². The van der Waals surface area contributed by atoms with E-state index in [2.05, 4.69) is 24.1 Å². The molecule has 1 aromatic heterocycles. The smallest absolute Gasteiger partial charge is 0.129 e. The summed E-state index contributed by atoms with van der Waals surface area (Å²) in [4.78, 5) is 4.08. The van der Waals surface area contributed by atoms with E-state index in [0.717, 1.165) is 17.2 Å². The molecular weight excluding hydrogens is 196 g/mol. The molecule has 1 heterocycles. The molecule has 1 fully saturated rings. The summed E-state index contributed by atoms with van der Waals surface area (Å²) < 4.78 is 0. The zero-order valence-corrected chi connectivity index (χ0v) is 9.30. The van der Waals surface area contributed by atoms with E-state index in [1.807, 2.05) is 12.3 Å². The Morgan fingerprint density at radius 2 is 2.29 bits per heavy atom. The number of aromatic nitrogens is 1. The largest absolute Gasteiger partial charge is 0.381 e. The zero-order valence-electron chi connectivity index (χ0n) is 8.55. The van der Waals surface area contributed by atoms with E-state index in [1.165, 1.54) is 12.8 Å². The second-order valence-corrected chi connectivity index (χ2v) is 4.48. The summed E-state index contributed by atoms with van der Waals surface area (Å²) in [5.74, 6) is 0.852. The van der Waals surface area contributed by atoms with Crippen LogP contribution < -0.4 is 5.32 Å². The average molecular weight is 211 g/mol. The Morgan fingerprint density at radius 3 is 2.86 bits per heavy atom. The standard InChI is InChI=1S/C11H15ClN2/c1-7-5-11(12)13-6-10(7)14-8(2)9-3-4-9/h5-6,8-9,14H,3-4H2,1-2H3. The van der Waals surface area contributed by atoms with E-state index in [0.29, 0.717) is 11.2 Å². The molecule has 0 saturated heterocycles. The number of aryl methyl sites for hydroxylation is 1. The van der Waals surface area contributed by atoms with E-state index in [-0.39, 0.29) is 0 Å². The van der Waals surface area contributed by atoms with Crippen LogP contribution in [0.2, 0.25) is 5.15 Å². The van der Waals surface area contributed by atoms with E-state index in [9.17, 15) is 0 Å². The molecule has 0 aliphatic heterocycles. The van der Waals surface area contributed by atoms with Crippen molar-refractivity contribution in [3.8, 4) is 0 Å². The van der Waals surface area contributed by atoms with Crippen LogP contribution in [0.25, 0.3) is 0 Å². The number of halogens is 1. The van der Waals surface area contributed by atoms with E-state index >= 15 is 0 Å². The van der Waals surface area contributed by atoms with Crippen molar-refractivity contribution in [3.05, 3.63) is 23.0 Å². The van der Waals surface area contributed by atoms with Gasteiger partial charge in [-0.25, -0.2) is 4.98 Å². The minimum atomic E-state index is 0.552. The summed E-state index contributed by atoms with van der Waals surface area (Å²) in [6, 6.07) is 2.44. The molecule has 1 N–H and O–H groups in total. The molecule has 1 aromatic rings. The Bertz CT molecular complexity index is 334. The monoisotopic (exact) mass is 210 g/mol. The first kappa shape index (κ1) is 9.78. The molecule has 1 aliphatic rings. The highest BCUT2D eigenvalue weighted by molar-refractivity contribution is 6.29. The van der Waals surface area contributed by atoms with Crippen molar-refractivity contribution in [2.24, 2.45) is 5.92 Å². The Hall–Kier alpha value is -0.760. The molecule has 0 radical (unpaired) electrons. The molecule has 3 heteroatoms. The SMILES string of the molecule is Cc1cc(Cl)ncc1NC(C)C1CC1. The summed E-state index contributed by atoms with van der Waals surface area (Å²) in [6.45, 7) is 4.28.